The Labute approximate surface area is 291 Å². The fourth-order valence-corrected chi connectivity index (χ4v) is 12.1. The summed E-state index contributed by atoms with van der Waals surface area (Å²) >= 11 is 0. The molecule has 3 aliphatic heterocycles. The molecule has 4 aliphatic carbocycles. The Hall–Kier alpha value is -3.83. The second-order valence-electron chi connectivity index (χ2n) is 15.7. The molecule has 1 aromatic rings. The highest BCUT2D eigenvalue weighted by atomic mass is 16.9. The zero-order valence-corrected chi connectivity index (χ0v) is 29.3. The maximum Gasteiger partial charge on any atom is 0.347 e. The van der Waals surface area contributed by atoms with Gasteiger partial charge in [0.15, 0.2) is 11.2 Å². The second kappa shape index (κ2) is 9.77. The predicted octanol–water partition coefficient (Wildman–Crippen LogP) is 1.30. The van der Waals surface area contributed by atoms with Gasteiger partial charge in [0.05, 0.1) is 25.1 Å². The number of hydrogen-bond acceptors (Lipinski definition) is 16. The molecule has 1 aromatic heterocycles. The van der Waals surface area contributed by atoms with Crippen LogP contribution in [0, 0.1) is 22.2 Å². The average molecular weight is 717 g/mol. The monoisotopic (exact) mass is 716 g/mol. The zero-order chi connectivity index (χ0) is 37.1. The second-order valence-corrected chi connectivity index (χ2v) is 15.7. The summed E-state index contributed by atoms with van der Waals surface area (Å²) in [6.45, 7) is 9.79. The van der Waals surface area contributed by atoms with Crippen LogP contribution >= 0.6 is 0 Å². The van der Waals surface area contributed by atoms with Crippen molar-refractivity contribution >= 4 is 29.8 Å². The van der Waals surface area contributed by atoms with Crippen LogP contribution in [-0.2, 0) is 61.9 Å². The lowest BCUT2D eigenvalue weighted by atomic mass is 9.34. The first-order valence-electron chi connectivity index (χ1n) is 16.7. The first-order valence-corrected chi connectivity index (χ1v) is 16.7. The maximum absolute atomic E-state index is 13.8. The zero-order valence-electron chi connectivity index (χ0n) is 29.3. The summed E-state index contributed by atoms with van der Waals surface area (Å²) < 4.78 is 54.5. The first-order chi connectivity index (χ1) is 23.7. The van der Waals surface area contributed by atoms with Crippen LogP contribution in [0.1, 0.15) is 73.0 Å². The molecule has 4 bridgehead atoms. The Balaban J connectivity index is 1.49. The number of cyclic esters (lactones) is 1. The van der Waals surface area contributed by atoms with Gasteiger partial charge in [-0.05, 0) is 25.0 Å². The van der Waals surface area contributed by atoms with E-state index in [4.69, 9.17) is 42.3 Å². The van der Waals surface area contributed by atoms with Crippen molar-refractivity contribution in [1.29, 1.82) is 0 Å². The molecule has 4 saturated carbocycles. The van der Waals surface area contributed by atoms with Crippen molar-refractivity contribution in [2.75, 3.05) is 7.11 Å². The van der Waals surface area contributed by atoms with Crippen LogP contribution in [0.25, 0.3) is 0 Å². The van der Waals surface area contributed by atoms with Gasteiger partial charge in [0.2, 0.25) is 6.10 Å². The van der Waals surface area contributed by atoms with E-state index in [2.05, 4.69) is 0 Å². The van der Waals surface area contributed by atoms with Gasteiger partial charge in [-0.3, -0.25) is 14.4 Å². The van der Waals surface area contributed by atoms with Crippen LogP contribution in [0.4, 0.5) is 0 Å². The van der Waals surface area contributed by atoms with Gasteiger partial charge < -0.3 is 52.5 Å². The molecular weight excluding hydrogens is 676 g/mol. The van der Waals surface area contributed by atoms with E-state index < -0.39 is 111 Å². The minimum atomic E-state index is -2.51. The lowest BCUT2D eigenvalue weighted by Crippen LogP contribution is -2.93. The maximum atomic E-state index is 13.8. The molecule has 16 nitrogen and oxygen atoms in total. The molecule has 276 valence electrons. The van der Waals surface area contributed by atoms with Gasteiger partial charge in [-0.1, -0.05) is 13.8 Å². The van der Waals surface area contributed by atoms with Crippen LogP contribution < -0.4 is 0 Å². The van der Waals surface area contributed by atoms with Crippen molar-refractivity contribution in [3.05, 3.63) is 35.8 Å². The number of esters is 5. The van der Waals surface area contributed by atoms with Crippen molar-refractivity contribution in [3.8, 4) is 0 Å². The van der Waals surface area contributed by atoms with E-state index in [1.54, 1.807) is 26.8 Å². The Bertz CT molecular complexity index is 1820. The van der Waals surface area contributed by atoms with Crippen LogP contribution in [0.15, 0.2) is 34.7 Å². The van der Waals surface area contributed by atoms with Crippen LogP contribution in [0.2, 0.25) is 0 Å². The smallest absolute Gasteiger partial charge is 0.347 e. The third-order valence-electron chi connectivity index (χ3n) is 13.4. The molecule has 8 rings (SSSR count). The number of aliphatic hydroxyl groups is 2. The molecule has 0 aromatic carbocycles. The normalized spacial score (nSPS) is 50.0. The van der Waals surface area contributed by atoms with Gasteiger partial charge in [0, 0.05) is 62.5 Å². The fraction of sp³-hybridized carbons (Fsp3) is 0.686. The number of rotatable bonds is 6. The Kier molecular flexibility index (Phi) is 6.57. The summed E-state index contributed by atoms with van der Waals surface area (Å²) in [5.41, 5.74) is -13.2. The highest BCUT2D eigenvalue weighted by Crippen LogP contribution is 2.88. The van der Waals surface area contributed by atoms with Crippen molar-refractivity contribution in [1.82, 2.24) is 0 Å². The number of fused-ring (bicyclic) bond motifs is 4. The largest absolute Gasteiger partial charge is 0.472 e. The Morgan fingerprint density at radius 1 is 0.980 bits per heavy atom. The topological polar surface area (TPSA) is 213 Å². The molecular formula is C35H40O16. The van der Waals surface area contributed by atoms with Crippen LogP contribution in [-0.4, -0.2) is 100.0 Å². The van der Waals surface area contributed by atoms with Gasteiger partial charge in [0.25, 0.3) is 5.97 Å². The number of hydrogen-bond donors (Lipinski definition) is 2. The number of carbonyl (C=O) groups excluding carboxylic acids is 5. The fourth-order valence-electron chi connectivity index (χ4n) is 12.1. The Morgan fingerprint density at radius 2 is 1.67 bits per heavy atom. The number of methoxy groups -OCH3 is 1. The van der Waals surface area contributed by atoms with Gasteiger partial charge in [-0.2, -0.15) is 0 Å². The Morgan fingerprint density at radius 3 is 2.25 bits per heavy atom. The lowest BCUT2D eigenvalue weighted by molar-refractivity contribution is -0.449. The van der Waals surface area contributed by atoms with Gasteiger partial charge in [0.1, 0.15) is 35.6 Å². The van der Waals surface area contributed by atoms with Crippen LogP contribution in [0.3, 0.4) is 0 Å². The summed E-state index contributed by atoms with van der Waals surface area (Å²) in [7, 11) is 1.10. The van der Waals surface area contributed by atoms with E-state index in [1.165, 1.54) is 32.4 Å². The quantitative estimate of drug-likeness (QED) is 0.314. The van der Waals surface area contributed by atoms with Crippen molar-refractivity contribution in [3.63, 3.8) is 0 Å². The van der Waals surface area contributed by atoms with E-state index >= 15 is 0 Å². The third kappa shape index (κ3) is 3.47. The lowest BCUT2D eigenvalue weighted by Gasteiger charge is -2.76. The molecule has 1 unspecified atom stereocenters. The SMILES string of the molecule is COC(=O)[C@@H](OC(C)=O)[C@@H]1[C@@]2(C)C[C@@]3(O)C(O)([C@@H]2OC(C)=O)[C@@H]2O[C@]4(C)O[C@]5(C[C@@H](OC(C)=O)[C@@]6(C)C(=CC(=O)O[C@@H]6c6ccoc6)[C@]25O4)[C@@]13C. The molecule has 6 fully saturated rings. The van der Waals surface area contributed by atoms with E-state index in [-0.39, 0.29) is 18.4 Å². The van der Waals surface area contributed by atoms with Crippen molar-refractivity contribution in [2.45, 2.75) is 120 Å². The summed E-state index contributed by atoms with van der Waals surface area (Å²) in [6, 6.07) is 1.59. The van der Waals surface area contributed by atoms with Crippen LogP contribution in [0.5, 0.6) is 0 Å². The number of carbonyl (C=O) groups is 5. The third-order valence-corrected chi connectivity index (χ3v) is 13.4. The summed E-state index contributed by atoms with van der Waals surface area (Å²) in [5.74, 6) is -7.48. The molecule has 14 atom stereocenters. The van der Waals surface area contributed by atoms with E-state index in [9.17, 15) is 34.2 Å². The number of ether oxygens (including phenoxy) is 8. The molecule has 4 heterocycles. The molecule has 16 heteroatoms. The highest BCUT2D eigenvalue weighted by Gasteiger charge is 3.03. The molecule has 51 heavy (non-hydrogen) atoms. The molecule has 2 saturated heterocycles. The predicted molar refractivity (Wildman–Crippen MR) is 162 cm³/mol. The minimum absolute atomic E-state index is 0.140. The molecule has 7 aliphatic rings. The van der Waals surface area contributed by atoms with Gasteiger partial charge in [-0.15, -0.1) is 0 Å². The van der Waals surface area contributed by atoms with E-state index in [0.29, 0.717) is 5.56 Å². The minimum Gasteiger partial charge on any atom is -0.472 e. The molecule has 2 N–H and O–H groups in total. The first kappa shape index (κ1) is 34.3. The van der Waals surface area contributed by atoms with E-state index in [1.807, 2.05) is 0 Å². The van der Waals surface area contributed by atoms with E-state index in [0.717, 1.165) is 21.0 Å². The summed E-state index contributed by atoms with van der Waals surface area (Å²) in [4.78, 5) is 66.0. The number of furan rings is 1. The summed E-state index contributed by atoms with van der Waals surface area (Å²) in [5, 5.41) is 26.7. The van der Waals surface area contributed by atoms with Crippen molar-refractivity contribution < 1.29 is 76.5 Å². The van der Waals surface area contributed by atoms with Gasteiger partial charge >= 0.3 is 29.8 Å². The molecule has 1 spiro atoms. The standard InChI is InChI=1S/C35H40O16/c1-15(36)45-20-12-33-30(6)23(22(25(40)43-8)46-16(2)37)28(4)14-32(30,41)34(42,26(28)47-17(3)38)27-35(33,51-31(7,49-27)50-33)19-11-21(39)48-24(29(19,20)5)18-9-10-44-13-18/h9-11,13,20,22-24,26-27,41-42H,12,14H2,1-8H3/t20-,22+,23-,24-,26-,27+,28-,29-,30+,31-,32+,33-,34?,35+/m1/s1. The highest BCUT2D eigenvalue weighted by molar-refractivity contribution is 5.86. The van der Waals surface area contributed by atoms with Gasteiger partial charge in [-0.25, -0.2) is 9.59 Å². The van der Waals surface area contributed by atoms with Crippen molar-refractivity contribution in [2.24, 2.45) is 22.2 Å². The average Bonchev–Trinajstić information content (AvgIpc) is 3.79. The molecule has 0 radical (unpaired) electrons. The summed E-state index contributed by atoms with van der Waals surface area (Å²) in [6.07, 6.45) is -3.89. The molecule has 0 amide bonds.